The predicted octanol–water partition coefficient (Wildman–Crippen LogP) is 2.37. The van der Waals surface area contributed by atoms with Crippen LogP contribution < -0.4 is 10.1 Å². The summed E-state index contributed by atoms with van der Waals surface area (Å²) in [6, 6.07) is 5.61. The molecular weight excluding hydrogens is 252 g/mol. The molecule has 0 bridgehead atoms. The summed E-state index contributed by atoms with van der Waals surface area (Å²) in [4.78, 5) is 2.55. The molecule has 1 fully saturated rings. The highest BCUT2D eigenvalue weighted by Crippen LogP contribution is 2.28. The van der Waals surface area contributed by atoms with Crippen molar-refractivity contribution in [1.82, 2.24) is 10.2 Å². The first-order valence-corrected chi connectivity index (χ1v) is 7.59. The number of aromatic hydroxyl groups is 1. The third-order valence-corrected chi connectivity index (χ3v) is 3.89. The van der Waals surface area contributed by atoms with Gasteiger partial charge < -0.3 is 20.1 Å². The van der Waals surface area contributed by atoms with E-state index in [1.807, 2.05) is 12.1 Å². The average molecular weight is 278 g/mol. The second kappa shape index (κ2) is 8.12. The Morgan fingerprint density at radius 3 is 2.80 bits per heavy atom. The van der Waals surface area contributed by atoms with Crippen LogP contribution in [0.4, 0.5) is 0 Å². The normalized spacial score (nSPS) is 16.2. The van der Waals surface area contributed by atoms with Crippen molar-refractivity contribution in [3.05, 3.63) is 23.8 Å². The molecule has 4 heteroatoms. The predicted molar refractivity (Wildman–Crippen MR) is 81.3 cm³/mol. The maximum atomic E-state index is 9.98. The molecule has 0 radical (unpaired) electrons. The second-order valence-electron chi connectivity index (χ2n) is 5.40. The molecule has 1 saturated heterocycles. The van der Waals surface area contributed by atoms with Crippen molar-refractivity contribution in [3.8, 4) is 11.5 Å². The number of piperidine rings is 1. The van der Waals surface area contributed by atoms with Gasteiger partial charge >= 0.3 is 0 Å². The van der Waals surface area contributed by atoms with Crippen molar-refractivity contribution in [3.63, 3.8) is 0 Å². The molecule has 0 amide bonds. The summed E-state index contributed by atoms with van der Waals surface area (Å²) in [5, 5.41) is 13.4. The monoisotopic (exact) mass is 278 g/mol. The first-order chi connectivity index (χ1) is 9.81. The Kier molecular flexibility index (Phi) is 6.15. The maximum Gasteiger partial charge on any atom is 0.162 e. The summed E-state index contributed by atoms with van der Waals surface area (Å²) in [5.74, 6) is 0.788. The molecule has 20 heavy (non-hydrogen) atoms. The summed E-state index contributed by atoms with van der Waals surface area (Å²) < 4.78 is 5.11. The fraction of sp³-hybridized carbons (Fsp3) is 0.625. The van der Waals surface area contributed by atoms with Crippen LogP contribution in [0.2, 0.25) is 0 Å². The summed E-state index contributed by atoms with van der Waals surface area (Å²) in [5.41, 5.74) is 0.891. The molecular formula is C16H26N2O2. The quantitative estimate of drug-likeness (QED) is 0.752. The zero-order valence-corrected chi connectivity index (χ0v) is 12.4. The lowest BCUT2D eigenvalue weighted by Crippen LogP contribution is -2.32. The molecule has 112 valence electrons. The molecule has 2 N–H and O–H groups in total. The highest BCUT2D eigenvalue weighted by molar-refractivity contribution is 5.45. The van der Waals surface area contributed by atoms with E-state index in [1.54, 1.807) is 13.2 Å². The minimum absolute atomic E-state index is 0.249. The smallest absolute Gasteiger partial charge is 0.162 e. The number of likely N-dealkylation sites (tertiary alicyclic amines) is 1. The van der Waals surface area contributed by atoms with Crippen LogP contribution in [0.25, 0.3) is 0 Å². The number of phenols is 1. The Morgan fingerprint density at radius 1 is 1.25 bits per heavy atom. The Labute approximate surface area is 121 Å². The van der Waals surface area contributed by atoms with Gasteiger partial charge in [0.05, 0.1) is 7.11 Å². The number of methoxy groups -OCH3 is 1. The molecule has 1 heterocycles. The first-order valence-electron chi connectivity index (χ1n) is 7.59. The van der Waals surface area contributed by atoms with Gasteiger partial charge in [-0.05, 0) is 51.5 Å². The number of rotatable bonds is 7. The molecule has 1 aromatic rings. The van der Waals surface area contributed by atoms with Crippen LogP contribution >= 0.6 is 0 Å². The lowest BCUT2D eigenvalue weighted by atomic mass is 10.1. The summed E-state index contributed by atoms with van der Waals surface area (Å²) in [6.07, 6.45) is 5.25. The largest absolute Gasteiger partial charge is 0.504 e. The summed E-state index contributed by atoms with van der Waals surface area (Å²) in [7, 11) is 1.57. The lowest BCUT2D eigenvalue weighted by Gasteiger charge is -2.26. The number of para-hydroxylation sites is 1. The van der Waals surface area contributed by atoms with E-state index in [-0.39, 0.29) is 5.75 Å². The van der Waals surface area contributed by atoms with E-state index in [1.165, 1.54) is 38.9 Å². The van der Waals surface area contributed by atoms with Crippen molar-refractivity contribution in [2.45, 2.75) is 32.2 Å². The Morgan fingerprint density at radius 2 is 2.05 bits per heavy atom. The van der Waals surface area contributed by atoms with Gasteiger partial charge in [-0.15, -0.1) is 0 Å². The van der Waals surface area contributed by atoms with E-state index in [0.29, 0.717) is 12.3 Å². The number of nitrogens with one attached hydrogen (secondary N) is 1. The Hall–Kier alpha value is -1.26. The van der Waals surface area contributed by atoms with E-state index in [4.69, 9.17) is 4.74 Å². The Bertz CT molecular complexity index is 403. The molecule has 4 nitrogen and oxygen atoms in total. The van der Waals surface area contributed by atoms with E-state index in [0.717, 1.165) is 18.5 Å². The molecule has 0 aliphatic carbocycles. The van der Waals surface area contributed by atoms with Gasteiger partial charge in [0.25, 0.3) is 0 Å². The van der Waals surface area contributed by atoms with Gasteiger partial charge in [-0.25, -0.2) is 0 Å². The summed E-state index contributed by atoms with van der Waals surface area (Å²) >= 11 is 0. The molecule has 0 aromatic heterocycles. The highest BCUT2D eigenvalue weighted by atomic mass is 16.5. The van der Waals surface area contributed by atoms with E-state index < -0.39 is 0 Å². The molecule has 0 unspecified atom stereocenters. The number of hydrogen-bond donors (Lipinski definition) is 2. The van der Waals surface area contributed by atoms with Gasteiger partial charge in [0, 0.05) is 12.1 Å². The van der Waals surface area contributed by atoms with Gasteiger partial charge in [0.15, 0.2) is 11.5 Å². The highest BCUT2D eigenvalue weighted by Gasteiger charge is 2.09. The number of nitrogens with zero attached hydrogens (tertiary/aromatic N) is 1. The van der Waals surface area contributed by atoms with Crippen molar-refractivity contribution >= 4 is 0 Å². The topological polar surface area (TPSA) is 44.7 Å². The average Bonchev–Trinajstić information content (AvgIpc) is 2.49. The van der Waals surface area contributed by atoms with Crippen LogP contribution in [0.5, 0.6) is 11.5 Å². The van der Waals surface area contributed by atoms with Crippen LogP contribution in [-0.2, 0) is 6.54 Å². The zero-order chi connectivity index (χ0) is 14.2. The fourth-order valence-electron chi connectivity index (χ4n) is 2.71. The van der Waals surface area contributed by atoms with Gasteiger partial charge in [-0.3, -0.25) is 0 Å². The molecule has 0 saturated carbocycles. The number of ether oxygens (including phenoxy) is 1. The standard InChI is InChI=1S/C16H26N2O2/c1-20-15-8-5-7-14(16(15)19)13-17-9-6-12-18-10-3-2-4-11-18/h5,7-8,17,19H,2-4,6,9-13H2,1H3. The van der Waals surface area contributed by atoms with E-state index in [2.05, 4.69) is 10.2 Å². The third kappa shape index (κ3) is 4.39. The van der Waals surface area contributed by atoms with Gasteiger partial charge in [-0.2, -0.15) is 0 Å². The van der Waals surface area contributed by atoms with Crippen molar-refractivity contribution in [2.75, 3.05) is 33.3 Å². The van der Waals surface area contributed by atoms with Crippen LogP contribution in [0.3, 0.4) is 0 Å². The van der Waals surface area contributed by atoms with Crippen LogP contribution in [0.1, 0.15) is 31.2 Å². The molecule has 1 aromatic carbocycles. The van der Waals surface area contributed by atoms with Gasteiger partial charge in [-0.1, -0.05) is 18.6 Å². The van der Waals surface area contributed by atoms with Crippen LogP contribution in [0.15, 0.2) is 18.2 Å². The van der Waals surface area contributed by atoms with Gasteiger partial charge in [0.1, 0.15) is 0 Å². The van der Waals surface area contributed by atoms with Crippen LogP contribution in [0, 0.1) is 0 Å². The summed E-state index contributed by atoms with van der Waals surface area (Å²) in [6.45, 7) is 5.36. The zero-order valence-electron chi connectivity index (χ0n) is 12.4. The lowest BCUT2D eigenvalue weighted by molar-refractivity contribution is 0.225. The van der Waals surface area contributed by atoms with Crippen molar-refractivity contribution in [1.29, 1.82) is 0 Å². The molecule has 1 aliphatic heterocycles. The third-order valence-electron chi connectivity index (χ3n) is 3.89. The van der Waals surface area contributed by atoms with E-state index in [9.17, 15) is 5.11 Å². The number of phenolic OH excluding ortho intramolecular Hbond substituents is 1. The Balaban J connectivity index is 1.65. The van der Waals surface area contributed by atoms with Crippen LogP contribution in [-0.4, -0.2) is 43.3 Å². The van der Waals surface area contributed by atoms with E-state index >= 15 is 0 Å². The number of hydrogen-bond acceptors (Lipinski definition) is 4. The molecule has 0 atom stereocenters. The van der Waals surface area contributed by atoms with Gasteiger partial charge in [0.2, 0.25) is 0 Å². The minimum atomic E-state index is 0.249. The SMILES string of the molecule is COc1cccc(CNCCCN2CCCCC2)c1O. The minimum Gasteiger partial charge on any atom is -0.504 e. The number of benzene rings is 1. The van der Waals surface area contributed by atoms with Crippen molar-refractivity contribution < 1.29 is 9.84 Å². The van der Waals surface area contributed by atoms with Crippen molar-refractivity contribution in [2.24, 2.45) is 0 Å². The molecule has 2 rings (SSSR count). The maximum absolute atomic E-state index is 9.98. The molecule has 0 spiro atoms. The first kappa shape index (κ1) is 15.1. The second-order valence-corrected chi connectivity index (χ2v) is 5.40. The fourth-order valence-corrected chi connectivity index (χ4v) is 2.71. The molecule has 1 aliphatic rings.